The maximum Gasteiger partial charge on any atom is 0.238 e. The lowest BCUT2D eigenvalue weighted by atomic mass is 10.3. The van der Waals surface area contributed by atoms with Crippen molar-refractivity contribution >= 4 is 31.6 Å². The van der Waals surface area contributed by atoms with Crippen LogP contribution in [0.1, 0.15) is 0 Å². The summed E-state index contributed by atoms with van der Waals surface area (Å²) in [6.45, 7) is 0. The summed E-state index contributed by atoms with van der Waals surface area (Å²) in [4.78, 5) is 8.00. The van der Waals surface area contributed by atoms with Crippen molar-refractivity contribution in [1.82, 2.24) is 9.97 Å². The second kappa shape index (κ2) is 5.73. The Balaban J connectivity index is 2.36. The molecule has 7 nitrogen and oxygen atoms in total. The molecule has 0 bridgehead atoms. The highest BCUT2D eigenvalue weighted by atomic mass is 79.9. The molecule has 0 unspecified atom stereocenters. The predicted octanol–water partition coefficient (Wildman–Crippen LogP) is 1.72. The highest BCUT2D eigenvalue weighted by Gasteiger charge is 2.12. The van der Waals surface area contributed by atoms with Crippen molar-refractivity contribution in [3.8, 4) is 11.6 Å². The van der Waals surface area contributed by atoms with E-state index >= 15 is 0 Å². The number of sulfone groups is 1. The number of anilines is 1. The van der Waals surface area contributed by atoms with Gasteiger partial charge in [0.25, 0.3) is 0 Å². The van der Waals surface area contributed by atoms with E-state index in [1.807, 2.05) is 0 Å². The molecule has 0 fully saturated rings. The largest absolute Gasteiger partial charge is 0.438 e. The number of rotatable bonds is 4. The molecule has 1 aromatic heterocycles. The van der Waals surface area contributed by atoms with Crippen molar-refractivity contribution in [2.75, 3.05) is 11.7 Å². The molecule has 1 aromatic carbocycles. The molecular weight excluding hydrogens is 348 g/mol. The molecule has 0 atom stereocenters. The third-order valence-electron chi connectivity index (χ3n) is 2.34. The fraction of sp³-hybridized carbons (Fsp3) is 0.0909. The smallest absolute Gasteiger partial charge is 0.238 e. The topological polar surface area (TPSA) is 107 Å². The number of hydrogen-bond acceptors (Lipinski definition) is 7. The van der Waals surface area contributed by atoms with Gasteiger partial charge in [-0.1, -0.05) is 6.07 Å². The Kier molecular flexibility index (Phi) is 4.21. The molecule has 0 saturated heterocycles. The summed E-state index contributed by atoms with van der Waals surface area (Å²) in [6.07, 6.45) is 2.40. The molecule has 0 aliphatic carbocycles. The van der Waals surface area contributed by atoms with Gasteiger partial charge in [0.1, 0.15) is 16.5 Å². The van der Waals surface area contributed by atoms with Gasteiger partial charge in [0.2, 0.25) is 5.88 Å². The third kappa shape index (κ3) is 3.24. The molecule has 2 rings (SSSR count). The minimum absolute atomic E-state index is 0.164. The van der Waals surface area contributed by atoms with E-state index in [2.05, 4.69) is 31.3 Å². The van der Waals surface area contributed by atoms with Crippen molar-refractivity contribution in [3.63, 3.8) is 0 Å². The van der Waals surface area contributed by atoms with Gasteiger partial charge >= 0.3 is 0 Å². The van der Waals surface area contributed by atoms with E-state index in [-0.39, 0.29) is 10.8 Å². The Bertz CT molecular complexity index is 736. The first-order valence-electron chi connectivity index (χ1n) is 5.37. The summed E-state index contributed by atoms with van der Waals surface area (Å²) in [5.74, 6) is 6.21. The number of aromatic nitrogens is 2. The van der Waals surface area contributed by atoms with Gasteiger partial charge in [-0.25, -0.2) is 24.2 Å². The van der Waals surface area contributed by atoms with Gasteiger partial charge in [0.15, 0.2) is 15.7 Å². The monoisotopic (exact) mass is 358 g/mol. The SMILES string of the molecule is CS(=O)(=O)c1cccc(Oc2ncnc(NN)c2Br)c1. The van der Waals surface area contributed by atoms with Crippen LogP contribution >= 0.6 is 15.9 Å². The summed E-state index contributed by atoms with van der Waals surface area (Å²) in [7, 11) is -3.30. The van der Waals surface area contributed by atoms with Crippen molar-refractivity contribution in [3.05, 3.63) is 35.1 Å². The fourth-order valence-corrected chi connectivity index (χ4v) is 2.46. The second-order valence-electron chi connectivity index (χ2n) is 3.83. The number of ether oxygens (including phenoxy) is 1. The van der Waals surface area contributed by atoms with E-state index in [0.29, 0.717) is 16.0 Å². The zero-order chi connectivity index (χ0) is 14.8. The van der Waals surface area contributed by atoms with Crippen LogP contribution in [0.25, 0.3) is 0 Å². The molecule has 0 aliphatic rings. The number of hydrogen-bond donors (Lipinski definition) is 2. The molecule has 9 heteroatoms. The van der Waals surface area contributed by atoms with E-state index in [1.165, 1.54) is 18.5 Å². The molecular formula is C11H11BrN4O3S. The Labute approximate surface area is 124 Å². The molecule has 0 amide bonds. The molecule has 20 heavy (non-hydrogen) atoms. The molecule has 2 aromatic rings. The van der Waals surface area contributed by atoms with E-state index < -0.39 is 9.84 Å². The van der Waals surface area contributed by atoms with Crippen LogP contribution in [0.2, 0.25) is 0 Å². The Morgan fingerprint density at radius 1 is 1.35 bits per heavy atom. The van der Waals surface area contributed by atoms with Gasteiger partial charge in [-0.15, -0.1) is 0 Å². The zero-order valence-electron chi connectivity index (χ0n) is 10.4. The highest BCUT2D eigenvalue weighted by molar-refractivity contribution is 9.10. The lowest BCUT2D eigenvalue weighted by Gasteiger charge is -2.09. The maximum absolute atomic E-state index is 11.5. The molecule has 0 aliphatic heterocycles. The molecule has 1 heterocycles. The van der Waals surface area contributed by atoms with Gasteiger partial charge in [0.05, 0.1) is 4.90 Å². The van der Waals surface area contributed by atoms with Gasteiger partial charge in [-0.3, -0.25) is 0 Å². The molecule has 0 saturated carbocycles. The normalized spacial score (nSPS) is 11.2. The van der Waals surface area contributed by atoms with Crippen LogP contribution < -0.4 is 16.0 Å². The van der Waals surface area contributed by atoms with Gasteiger partial charge in [-0.05, 0) is 34.1 Å². The third-order valence-corrected chi connectivity index (χ3v) is 4.17. The average molecular weight is 359 g/mol. The zero-order valence-corrected chi connectivity index (χ0v) is 12.8. The van der Waals surface area contributed by atoms with Crippen molar-refractivity contribution < 1.29 is 13.2 Å². The number of hydrazine groups is 1. The van der Waals surface area contributed by atoms with E-state index in [9.17, 15) is 8.42 Å². The first-order chi connectivity index (χ1) is 9.41. The van der Waals surface area contributed by atoms with Gasteiger partial charge < -0.3 is 10.2 Å². The number of nitrogens with two attached hydrogens (primary N) is 1. The van der Waals surface area contributed by atoms with E-state index in [0.717, 1.165) is 6.26 Å². The standard InChI is InChI=1S/C11H11BrN4O3S/c1-20(17,18)8-4-2-3-7(5-8)19-11-9(12)10(16-13)14-6-15-11/h2-6H,13H2,1H3,(H,14,15,16). The lowest BCUT2D eigenvalue weighted by Crippen LogP contribution is -2.09. The molecule has 0 spiro atoms. The summed E-state index contributed by atoms with van der Waals surface area (Å²) >= 11 is 3.25. The van der Waals surface area contributed by atoms with Crippen LogP contribution in [0.3, 0.4) is 0 Å². The van der Waals surface area contributed by atoms with Crippen LogP contribution in [0.5, 0.6) is 11.6 Å². The maximum atomic E-state index is 11.5. The van der Waals surface area contributed by atoms with Crippen LogP contribution in [0.4, 0.5) is 5.82 Å². The Hall–Kier alpha value is -1.71. The summed E-state index contributed by atoms with van der Waals surface area (Å²) in [5.41, 5.74) is 2.38. The fourth-order valence-electron chi connectivity index (χ4n) is 1.41. The van der Waals surface area contributed by atoms with E-state index in [1.54, 1.807) is 12.1 Å². The average Bonchev–Trinajstić information content (AvgIpc) is 2.40. The minimum atomic E-state index is -3.30. The van der Waals surface area contributed by atoms with Crippen molar-refractivity contribution in [2.45, 2.75) is 4.90 Å². The second-order valence-corrected chi connectivity index (χ2v) is 6.64. The quantitative estimate of drug-likeness (QED) is 0.632. The molecule has 106 valence electrons. The van der Waals surface area contributed by atoms with Crippen LogP contribution in [0.15, 0.2) is 40.0 Å². The first kappa shape index (κ1) is 14.7. The summed E-state index contributed by atoms with van der Waals surface area (Å²) in [5, 5.41) is 0. The molecule has 0 radical (unpaired) electrons. The van der Waals surface area contributed by atoms with Crippen LogP contribution in [0, 0.1) is 0 Å². The Morgan fingerprint density at radius 3 is 2.75 bits per heavy atom. The molecule has 3 N–H and O–H groups in total. The Morgan fingerprint density at radius 2 is 2.10 bits per heavy atom. The van der Waals surface area contributed by atoms with Crippen LogP contribution in [-0.4, -0.2) is 24.6 Å². The van der Waals surface area contributed by atoms with Gasteiger partial charge in [0, 0.05) is 6.26 Å². The number of nitrogen functional groups attached to an aromatic ring is 1. The van der Waals surface area contributed by atoms with Crippen LogP contribution in [-0.2, 0) is 9.84 Å². The summed E-state index contributed by atoms with van der Waals surface area (Å²) in [6, 6.07) is 6.12. The van der Waals surface area contributed by atoms with E-state index in [4.69, 9.17) is 10.6 Å². The minimum Gasteiger partial charge on any atom is -0.438 e. The van der Waals surface area contributed by atoms with Gasteiger partial charge in [-0.2, -0.15) is 0 Å². The number of benzene rings is 1. The summed E-state index contributed by atoms with van der Waals surface area (Å²) < 4.78 is 28.9. The number of halogens is 1. The lowest BCUT2D eigenvalue weighted by molar-refractivity contribution is 0.457. The number of nitrogens with one attached hydrogen (secondary N) is 1. The van der Waals surface area contributed by atoms with Crippen molar-refractivity contribution in [1.29, 1.82) is 0 Å². The van der Waals surface area contributed by atoms with Crippen molar-refractivity contribution in [2.24, 2.45) is 5.84 Å². The first-order valence-corrected chi connectivity index (χ1v) is 8.05. The predicted molar refractivity (Wildman–Crippen MR) is 77.2 cm³/mol. The highest BCUT2D eigenvalue weighted by Crippen LogP contribution is 2.31. The number of nitrogens with zero attached hydrogens (tertiary/aromatic N) is 2.